The van der Waals surface area contributed by atoms with Crippen molar-refractivity contribution in [3.05, 3.63) is 21.0 Å². The van der Waals surface area contributed by atoms with Gasteiger partial charge >= 0.3 is 0 Å². The molecule has 2 saturated heterocycles. The second kappa shape index (κ2) is 9.41. The maximum Gasteiger partial charge on any atom is 0.253 e. The quantitative estimate of drug-likeness (QED) is 0.397. The topological polar surface area (TPSA) is 36.9 Å². The highest BCUT2D eigenvalue weighted by Crippen LogP contribution is 2.62. The van der Waals surface area contributed by atoms with Crippen LogP contribution in [0.15, 0.2) is 21.0 Å². The fourth-order valence-electron chi connectivity index (χ4n) is 4.05. The van der Waals surface area contributed by atoms with E-state index < -0.39 is 11.6 Å². The summed E-state index contributed by atoms with van der Waals surface area (Å²) in [6.07, 6.45) is 2.79. The fraction of sp³-hybridized carbons (Fsp3) is 0.789. The molecule has 4 aliphatic rings. The van der Waals surface area contributed by atoms with E-state index in [0.717, 1.165) is 24.8 Å². The molecule has 4 rings (SSSR count). The predicted molar refractivity (Wildman–Crippen MR) is 120 cm³/mol. The molecule has 27 heavy (non-hydrogen) atoms. The molecular weight excluding hydrogens is 516 g/mol. The van der Waals surface area contributed by atoms with Crippen LogP contribution < -0.4 is 0 Å². The molecule has 2 unspecified atom stereocenters. The molecule has 1 aliphatic carbocycles. The monoisotopic (exact) mass is 542 g/mol. The standard InChI is InChI=1S/C17H22Br2O4S2.C2H6/c1-3-11-14(24-10(2)18)15-12(4-5-13(19)25-15)17(22-8-9-23-17)16(11)20-6-7-21-16;1-2/h10,13H,3-9H2,1-2H3;1-2H3. The number of fused-ring (bicyclic) bond motifs is 2. The maximum atomic E-state index is 6.30. The molecule has 4 nitrogen and oxygen atoms in total. The average Bonchev–Trinajstić information content (AvgIpc) is 3.33. The third-order valence-electron chi connectivity index (χ3n) is 4.87. The van der Waals surface area contributed by atoms with Gasteiger partial charge in [-0.15, -0.1) is 23.5 Å². The Bertz CT molecular complexity index is 609. The van der Waals surface area contributed by atoms with Crippen LogP contribution in [-0.4, -0.2) is 46.3 Å². The van der Waals surface area contributed by atoms with Gasteiger partial charge in [0.2, 0.25) is 0 Å². The molecule has 0 amide bonds. The van der Waals surface area contributed by atoms with Crippen LogP contribution in [0, 0.1) is 0 Å². The Morgan fingerprint density at radius 3 is 2.19 bits per heavy atom. The minimum absolute atomic E-state index is 0.298. The van der Waals surface area contributed by atoms with Gasteiger partial charge in [0.15, 0.2) is 0 Å². The first-order valence-electron chi connectivity index (χ1n) is 9.69. The summed E-state index contributed by atoms with van der Waals surface area (Å²) in [5, 5.41) is 0. The zero-order valence-corrected chi connectivity index (χ0v) is 21.1. The normalized spacial score (nSPS) is 29.8. The fourth-order valence-corrected chi connectivity index (χ4v) is 7.77. The van der Waals surface area contributed by atoms with Crippen molar-refractivity contribution in [2.75, 3.05) is 26.4 Å². The maximum absolute atomic E-state index is 6.30. The summed E-state index contributed by atoms with van der Waals surface area (Å²) in [6.45, 7) is 10.6. The number of hydrogen-bond donors (Lipinski definition) is 0. The third-order valence-corrected chi connectivity index (χ3v) is 8.77. The van der Waals surface area contributed by atoms with Crippen LogP contribution in [0.2, 0.25) is 0 Å². The van der Waals surface area contributed by atoms with Crippen molar-refractivity contribution in [2.45, 2.75) is 66.9 Å². The third kappa shape index (κ3) is 3.75. The number of rotatable bonds is 3. The first-order chi connectivity index (χ1) is 13.0. The molecule has 0 radical (unpaired) electrons. The van der Waals surface area contributed by atoms with E-state index in [1.54, 1.807) is 0 Å². The number of halogens is 2. The average molecular weight is 544 g/mol. The van der Waals surface area contributed by atoms with E-state index in [0.29, 0.717) is 34.7 Å². The van der Waals surface area contributed by atoms with Gasteiger partial charge in [0.25, 0.3) is 11.6 Å². The van der Waals surface area contributed by atoms with Crippen LogP contribution in [-0.2, 0) is 18.9 Å². The van der Waals surface area contributed by atoms with Gasteiger partial charge in [0.05, 0.1) is 34.7 Å². The Balaban J connectivity index is 0.00000102. The van der Waals surface area contributed by atoms with Gasteiger partial charge in [0.1, 0.15) is 0 Å². The molecule has 0 aromatic rings. The van der Waals surface area contributed by atoms with Gasteiger partial charge in [0, 0.05) is 21.0 Å². The molecule has 2 fully saturated rings. The molecule has 0 saturated carbocycles. The molecule has 0 bridgehead atoms. The van der Waals surface area contributed by atoms with Crippen molar-refractivity contribution >= 4 is 55.4 Å². The highest BCUT2D eigenvalue weighted by atomic mass is 79.9. The van der Waals surface area contributed by atoms with Gasteiger partial charge in [-0.2, -0.15) is 0 Å². The highest BCUT2D eigenvalue weighted by molar-refractivity contribution is 9.11. The van der Waals surface area contributed by atoms with Gasteiger partial charge in [-0.3, -0.25) is 0 Å². The summed E-state index contributed by atoms with van der Waals surface area (Å²) in [5.74, 6) is -1.87. The van der Waals surface area contributed by atoms with Crippen LogP contribution in [0.4, 0.5) is 0 Å². The van der Waals surface area contributed by atoms with E-state index >= 15 is 0 Å². The Hall–Kier alpha value is 0.980. The minimum atomic E-state index is -0.943. The molecule has 3 aliphatic heterocycles. The lowest BCUT2D eigenvalue weighted by molar-refractivity contribution is -0.313. The Kier molecular flexibility index (Phi) is 7.90. The number of hydrogen-bond acceptors (Lipinski definition) is 6. The van der Waals surface area contributed by atoms with Crippen molar-refractivity contribution in [2.24, 2.45) is 0 Å². The lowest BCUT2D eigenvalue weighted by Gasteiger charge is -2.50. The van der Waals surface area contributed by atoms with Gasteiger partial charge < -0.3 is 18.9 Å². The van der Waals surface area contributed by atoms with E-state index in [9.17, 15) is 0 Å². The Labute approximate surface area is 187 Å². The lowest BCUT2D eigenvalue weighted by Crippen LogP contribution is -2.61. The summed E-state index contributed by atoms with van der Waals surface area (Å²) in [7, 11) is 0. The van der Waals surface area contributed by atoms with Gasteiger partial charge in [-0.05, 0) is 26.2 Å². The van der Waals surface area contributed by atoms with Crippen molar-refractivity contribution < 1.29 is 18.9 Å². The second-order valence-corrected chi connectivity index (χ2v) is 12.6. The van der Waals surface area contributed by atoms with Crippen molar-refractivity contribution in [3.63, 3.8) is 0 Å². The number of alkyl halides is 2. The zero-order valence-electron chi connectivity index (χ0n) is 16.3. The van der Waals surface area contributed by atoms with Gasteiger partial charge in [-0.1, -0.05) is 52.6 Å². The number of thioether (sulfide) groups is 2. The van der Waals surface area contributed by atoms with E-state index in [-0.39, 0.29) is 0 Å². The molecule has 0 aromatic carbocycles. The zero-order chi connectivity index (χ0) is 19.7. The first kappa shape index (κ1) is 22.7. The van der Waals surface area contributed by atoms with Crippen LogP contribution in [0.1, 0.15) is 47.0 Å². The molecule has 0 N–H and O–H groups in total. The van der Waals surface area contributed by atoms with Crippen molar-refractivity contribution in [1.82, 2.24) is 0 Å². The Morgan fingerprint density at radius 1 is 1.11 bits per heavy atom. The van der Waals surface area contributed by atoms with E-state index in [1.807, 2.05) is 37.4 Å². The van der Waals surface area contributed by atoms with Crippen LogP contribution >= 0.6 is 55.4 Å². The van der Waals surface area contributed by atoms with Gasteiger partial charge in [-0.25, -0.2) is 0 Å². The summed E-state index contributed by atoms with van der Waals surface area (Å²) < 4.78 is 25.9. The molecule has 0 aromatic heterocycles. The predicted octanol–water partition coefficient (Wildman–Crippen LogP) is 6.15. The van der Waals surface area contributed by atoms with Crippen molar-refractivity contribution in [1.29, 1.82) is 0 Å². The number of ether oxygens (including phenoxy) is 4. The summed E-state index contributed by atoms with van der Waals surface area (Å²) >= 11 is 11.2. The molecular formula is C19H28Br2O4S2. The summed E-state index contributed by atoms with van der Waals surface area (Å²) in [4.78, 5) is 2.55. The largest absolute Gasteiger partial charge is 0.339 e. The summed E-state index contributed by atoms with van der Waals surface area (Å²) in [5.41, 5.74) is 2.34. The van der Waals surface area contributed by atoms with E-state index in [2.05, 4.69) is 45.7 Å². The molecule has 8 heteroatoms. The molecule has 2 spiro atoms. The van der Waals surface area contributed by atoms with Crippen LogP contribution in [0.3, 0.4) is 0 Å². The van der Waals surface area contributed by atoms with E-state index in [1.165, 1.54) is 15.4 Å². The van der Waals surface area contributed by atoms with Crippen LogP contribution in [0.5, 0.6) is 0 Å². The molecule has 2 atom stereocenters. The molecule has 3 heterocycles. The Morgan fingerprint density at radius 2 is 1.67 bits per heavy atom. The summed E-state index contributed by atoms with van der Waals surface area (Å²) in [6, 6.07) is 0. The first-order valence-corrected chi connectivity index (χ1v) is 13.3. The lowest BCUT2D eigenvalue weighted by atomic mass is 9.81. The van der Waals surface area contributed by atoms with Crippen molar-refractivity contribution in [3.8, 4) is 0 Å². The molecule has 154 valence electrons. The smallest absolute Gasteiger partial charge is 0.253 e. The van der Waals surface area contributed by atoms with E-state index in [4.69, 9.17) is 18.9 Å². The van der Waals surface area contributed by atoms with Crippen LogP contribution in [0.25, 0.3) is 0 Å². The second-order valence-electron chi connectivity index (χ2n) is 6.32. The SMILES string of the molecule is CC.CCC1=C(SC(C)Br)C2=C(CCC(Br)S2)C2(OCCO2)C12OCCO2. The minimum Gasteiger partial charge on any atom is -0.339 e. The highest BCUT2D eigenvalue weighted by Gasteiger charge is 2.67.